The van der Waals surface area contributed by atoms with Crippen molar-refractivity contribution in [3.8, 4) is 5.75 Å². The van der Waals surface area contributed by atoms with Crippen LogP contribution in [0.2, 0.25) is 0 Å². The van der Waals surface area contributed by atoms with Crippen molar-refractivity contribution in [1.29, 1.82) is 0 Å². The molecule has 1 fully saturated rings. The van der Waals surface area contributed by atoms with Gasteiger partial charge in [0.15, 0.2) is 0 Å². The lowest BCUT2D eigenvalue weighted by Crippen LogP contribution is -2.24. The van der Waals surface area contributed by atoms with E-state index < -0.39 is 0 Å². The van der Waals surface area contributed by atoms with Gasteiger partial charge in [-0.1, -0.05) is 0 Å². The molecule has 1 amide bonds. The van der Waals surface area contributed by atoms with Crippen LogP contribution >= 0.6 is 11.3 Å². The number of benzene rings is 1. The van der Waals surface area contributed by atoms with Gasteiger partial charge in [0.25, 0.3) is 5.91 Å². The molecule has 0 saturated heterocycles. The number of hydrogen-bond acceptors (Lipinski definition) is 5. The summed E-state index contributed by atoms with van der Waals surface area (Å²) in [6.07, 6.45) is 2.52. The summed E-state index contributed by atoms with van der Waals surface area (Å²) in [7, 11) is 3.70. The molecule has 1 aliphatic carbocycles. The fourth-order valence-corrected chi connectivity index (χ4v) is 4.23. The average molecular weight is 343 g/mol. The first-order valence-electron chi connectivity index (χ1n) is 8.19. The predicted octanol–water partition coefficient (Wildman–Crippen LogP) is 3.38. The fraction of sp³-hybridized carbons (Fsp3) is 0.389. The molecular formula is C18H21N3O2S. The number of methoxy groups -OCH3 is 1. The van der Waals surface area contributed by atoms with Gasteiger partial charge in [-0.25, -0.2) is 0 Å². The van der Waals surface area contributed by atoms with Crippen molar-refractivity contribution >= 4 is 28.6 Å². The molecule has 2 aliphatic rings. The summed E-state index contributed by atoms with van der Waals surface area (Å²) in [5.74, 6) is 1.47. The van der Waals surface area contributed by atoms with Gasteiger partial charge >= 0.3 is 0 Å². The van der Waals surface area contributed by atoms with Gasteiger partial charge in [0.2, 0.25) is 0 Å². The molecule has 1 aromatic carbocycles. The maximum absolute atomic E-state index is 12.5. The molecule has 1 aromatic heterocycles. The maximum atomic E-state index is 12.5. The largest absolute Gasteiger partial charge is 0.496 e. The van der Waals surface area contributed by atoms with E-state index in [1.165, 1.54) is 17.7 Å². The van der Waals surface area contributed by atoms with E-state index in [2.05, 4.69) is 15.5 Å². The molecule has 1 saturated carbocycles. The molecule has 1 aliphatic heterocycles. The third-order valence-electron chi connectivity index (χ3n) is 4.64. The molecule has 2 aromatic rings. The van der Waals surface area contributed by atoms with E-state index in [1.54, 1.807) is 18.4 Å². The highest BCUT2D eigenvalue weighted by Crippen LogP contribution is 2.43. The van der Waals surface area contributed by atoms with Crippen LogP contribution in [0.4, 0.5) is 11.4 Å². The fourth-order valence-electron chi connectivity index (χ4n) is 3.17. The minimum absolute atomic E-state index is 0.0218. The Bertz CT molecular complexity index is 783. The van der Waals surface area contributed by atoms with Crippen LogP contribution in [0, 0.1) is 0 Å². The molecule has 126 valence electrons. The second kappa shape index (κ2) is 6.02. The van der Waals surface area contributed by atoms with Crippen molar-refractivity contribution < 1.29 is 9.53 Å². The summed E-state index contributed by atoms with van der Waals surface area (Å²) in [6.45, 7) is 1.21. The van der Waals surface area contributed by atoms with Crippen molar-refractivity contribution in [2.75, 3.05) is 31.0 Å². The van der Waals surface area contributed by atoms with Gasteiger partial charge in [-0.2, -0.15) is 0 Å². The van der Waals surface area contributed by atoms with E-state index in [9.17, 15) is 4.79 Å². The lowest BCUT2D eigenvalue weighted by atomic mass is 10.1. The number of thiophene rings is 1. The summed E-state index contributed by atoms with van der Waals surface area (Å²) < 4.78 is 5.50. The highest BCUT2D eigenvalue weighted by Gasteiger charge is 2.26. The number of nitrogens with zero attached hydrogens (tertiary/aromatic N) is 1. The summed E-state index contributed by atoms with van der Waals surface area (Å²) in [4.78, 5) is 16.0. The number of nitrogens with one attached hydrogen (secondary N) is 2. The van der Waals surface area contributed by atoms with Crippen LogP contribution in [0.1, 0.15) is 39.6 Å². The SMILES string of the molecule is COc1ccc2c(c1CNC(=O)c1csc(C3CC3)c1)N(C)CN2. The van der Waals surface area contributed by atoms with Crippen LogP contribution in [0.3, 0.4) is 0 Å². The molecule has 0 radical (unpaired) electrons. The quantitative estimate of drug-likeness (QED) is 0.874. The van der Waals surface area contributed by atoms with Crippen molar-refractivity contribution in [2.24, 2.45) is 0 Å². The number of carbonyl (C=O) groups excluding carboxylic acids is 1. The van der Waals surface area contributed by atoms with Crippen LogP contribution in [0.15, 0.2) is 23.6 Å². The number of fused-ring (bicyclic) bond motifs is 1. The Kier molecular flexibility index (Phi) is 3.84. The number of anilines is 2. The monoisotopic (exact) mass is 343 g/mol. The Morgan fingerprint density at radius 2 is 2.29 bits per heavy atom. The smallest absolute Gasteiger partial charge is 0.252 e. The number of carbonyl (C=O) groups is 1. The normalized spacial score (nSPS) is 15.8. The minimum atomic E-state index is -0.0218. The van der Waals surface area contributed by atoms with Gasteiger partial charge in [0, 0.05) is 29.4 Å². The average Bonchev–Trinajstić information content (AvgIpc) is 3.20. The highest BCUT2D eigenvalue weighted by molar-refractivity contribution is 7.10. The Morgan fingerprint density at radius 3 is 3.04 bits per heavy atom. The number of rotatable bonds is 5. The molecule has 4 rings (SSSR count). The Labute approximate surface area is 145 Å². The number of hydrogen-bond donors (Lipinski definition) is 2. The van der Waals surface area contributed by atoms with Gasteiger partial charge < -0.3 is 20.3 Å². The molecule has 0 spiro atoms. The zero-order valence-electron chi connectivity index (χ0n) is 13.9. The highest BCUT2D eigenvalue weighted by atomic mass is 32.1. The van der Waals surface area contributed by atoms with Gasteiger partial charge in [-0.15, -0.1) is 11.3 Å². The topological polar surface area (TPSA) is 53.6 Å². The first-order valence-corrected chi connectivity index (χ1v) is 9.07. The van der Waals surface area contributed by atoms with Gasteiger partial charge in [-0.05, 0) is 37.0 Å². The molecule has 5 nitrogen and oxygen atoms in total. The second-order valence-corrected chi connectivity index (χ2v) is 7.31. The minimum Gasteiger partial charge on any atom is -0.496 e. The lowest BCUT2D eigenvalue weighted by molar-refractivity contribution is 0.0951. The molecule has 0 unspecified atom stereocenters. The maximum Gasteiger partial charge on any atom is 0.252 e. The summed E-state index contributed by atoms with van der Waals surface area (Å²) >= 11 is 1.69. The van der Waals surface area contributed by atoms with E-state index in [4.69, 9.17) is 4.74 Å². The third-order valence-corrected chi connectivity index (χ3v) is 5.73. The van der Waals surface area contributed by atoms with E-state index >= 15 is 0 Å². The first-order chi connectivity index (χ1) is 11.7. The van der Waals surface area contributed by atoms with Gasteiger partial charge in [-0.3, -0.25) is 4.79 Å². The lowest BCUT2D eigenvalue weighted by Gasteiger charge is -2.18. The summed E-state index contributed by atoms with van der Waals surface area (Å²) in [6, 6.07) is 6.00. The van der Waals surface area contributed by atoms with Gasteiger partial charge in [0.05, 0.1) is 30.7 Å². The van der Waals surface area contributed by atoms with E-state index in [0.29, 0.717) is 12.5 Å². The number of amides is 1. The molecular weight excluding hydrogens is 322 g/mol. The van der Waals surface area contributed by atoms with Crippen LogP contribution in [-0.2, 0) is 6.54 Å². The Morgan fingerprint density at radius 1 is 1.46 bits per heavy atom. The first kappa shape index (κ1) is 15.3. The Balaban J connectivity index is 1.52. The predicted molar refractivity (Wildman–Crippen MR) is 97.4 cm³/mol. The third kappa shape index (κ3) is 2.71. The molecule has 0 bridgehead atoms. The van der Waals surface area contributed by atoms with E-state index in [-0.39, 0.29) is 5.91 Å². The zero-order valence-corrected chi connectivity index (χ0v) is 14.7. The summed E-state index contributed by atoms with van der Waals surface area (Å²) in [5, 5.41) is 8.35. The van der Waals surface area contributed by atoms with Crippen LogP contribution in [-0.4, -0.2) is 26.7 Å². The van der Waals surface area contributed by atoms with Crippen molar-refractivity contribution in [3.63, 3.8) is 0 Å². The standard InChI is InChI=1S/C18H21N3O2S/c1-21-10-20-14-5-6-15(23-2)13(17(14)21)8-19-18(22)12-7-16(24-9-12)11-3-4-11/h5-7,9,11,20H,3-4,8,10H2,1-2H3,(H,19,22). The molecule has 24 heavy (non-hydrogen) atoms. The van der Waals surface area contributed by atoms with Crippen LogP contribution in [0.5, 0.6) is 5.75 Å². The molecule has 6 heteroatoms. The molecule has 2 heterocycles. The van der Waals surface area contributed by atoms with E-state index in [0.717, 1.165) is 34.9 Å². The summed E-state index contributed by atoms with van der Waals surface area (Å²) in [5.41, 5.74) is 3.95. The van der Waals surface area contributed by atoms with Crippen LogP contribution < -0.4 is 20.3 Å². The van der Waals surface area contributed by atoms with E-state index in [1.807, 2.05) is 30.6 Å². The van der Waals surface area contributed by atoms with Crippen LogP contribution in [0.25, 0.3) is 0 Å². The second-order valence-electron chi connectivity index (χ2n) is 6.37. The van der Waals surface area contributed by atoms with Gasteiger partial charge in [0.1, 0.15) is 5.75 Å². The van der Waals surface area contributed by atoms with Crippen molar-refractivity contribution in [3.05, 3.63) is 39.6 Å². The van der Waals surface area contributed by atoms with Crippen molar-refractivity contribution in [1.82, 2.24) is 5.32 Å². The molecule has 2 N–H and O–H groups in total. The molecule has 0 atom stereocenters. The van der Waals surface area contributed by atoms with Crippen molar-refractivity contribution in [2.45, 2.75) is 25.3 Å². The Hall–Kier alpha value is -2.21. The zero-order chi connectivity index (χ0) is 16.7. The number of ether oxygens (including phenoxy) is 1.